The maximum atomic E-state index is 12.7. The zero-order valence-corrected chi connectivity index (χ0v) is 19.6. The average Bonchev–Trinajstić information content (AvgIpc) is 2.73. The van der Waals surface area contributed by atoms with Gasteiger partial charge in [-0.05, 0) is 54.5 Å². The molecule has 0 aliphatic carbocycles. The molecule has 0 aliphatic rings. The number of hydrogen-bond donors (Lipinski definition) is 3. The van der Waals surface area contributed by atoms with Crippen molar-refractivity contribution >= 4 is 44.9 Å². The Labute approximate surface area is 198 Å². The van der Waals surface area contributed by atoms with Gasteiger partial charge < -0.3 is 20.1 Å². The monoisotopic (exact) mass is 525 g/mol. The van der Waals surface area contributed by atoms with Crippen molar-refractivity contribution in [3.8, 4) is 11.5 Å². The highest BCUT2D eigenvalue weighted by atomic mass is 35.5. The molecule has 0 bridgehead atoms. The summed E-state index contributed by atoms with van der Waals surface area (Å²) in [5, 5.41) is 4.98. The molecule has 2 aromatic carbocycles. The molecule has 0 radical (unpaired) electrons. The standard InChI is InChI=1S/C19H19ClF3N3O5S2/c1-24-18(32)26-33(28,29)16-9-11(3-5-15(16)31-19(21,22)23)7-8-25-17(27)13-10-12(20)4-6-14(13)30-2/h3-6,9-10H,7-8H2,1-2H3,(H,25,27)(H2,24,26,32). The summed E-state index contributed by atoms with van der Waals surface area (Å²) in [5.74, 6) is -1.13. The number of halogens is 4. The Balaban J connectivity index is 2.23. The SMILES string of the molecule is CNC(=S)NS(=O)(=O)c1cc(CCNC(=O)c2cc(Cl)ccc2OC)ccc1OC(F)(F)F. The molecule has 0 atom stereocenters. The third kappa shape index (κ3) is 7.65. The Hall–Kier alpha value is -2.77. The molecule has 2 aromatic rings. The molecule has 180 valence electrons. The minimum atomic E-state index is -5.11. The minimum Gasteiger partial charge on any atom is -0.496 e. The number of amides is 1. The van der Waals surface area contributed by atoms with Crippen LogP contribution in [0.3, 0.4) is 0 Å². The fourth-order valence-electron chi connectivity index (χ4n) is 2.63. The van der Waals surface area contributed by atoms with Gasteiger partial charge in [-0.15, -0.1) is 13.2 Å². The van der Waals surface area contributed by atoms with Crippen LogP contribution in [0.5, 0.6) is 11.5 Å². The molecule has 8 nitrogen and oxygen atoms in total. The molecular weight excluding hydrogens is 507 g/mol. The molecule has 0 unspecified atom stereocenters. The Bertz CT molecular complexity index is 1140. The van der Waals surface area contributed by atoms with Gasteiger partial charge in [0.2, 0.25) is 0 Å². The third-order valence-corrected chi connectivity index (χ3v) is 6.12. The van der Waals surface area contributed by atoms with Gasteiger partial charge in [-0.2, -0.15) is 0 Å². The molecule has 2 rings (SSSR count). The van der Waals surface area contributed by atoms with E-state index in [2.05, 4.69) is 15.4 Å². The topological polar surface area (TPSA) is 106 Å². The lowest BCUT2D eigenvalue weighted by atomic mass is 10.1. The van der Waals surface area contributed by atoms with E-state index in [9.17, 15) is 26.4 Å². The Kier molecular flexibility index (Phi) is 8.75. The van der Waals surface area contributed by atoms with Gasteiger partial charge in [0.25, 0.3) is 15.9 Å². The zero-order chi connectivity index (χ0) is 24.8. The fourth-order valence-corrected chi connectivity index (χ4v) is 4.27. The summed E-state index contributed by atoms with van der Waals surface area (Å²) in [7, 11) is -1.76. The number of carbonyl (C=O) groups excluding carboxylic acids is 1. The van der Waals surface area contributed by atoms with Crippen molar-refractivity contribution in [3.05, 3.63) is 52.5 Å². The van der Waals surface area contributed by atoms with E-state index >= 15 is 0 Å². The van der Waals surface area contributed by atoms with E-state index < -0.39 is 32.9 Å². The first-order valence-corrected chi connectivity index (χ1v) is 11.4. The molecule has 3 N–H and O–H groups in total. The lowest BCUT2D eigenvalue weighted by Crippen LogP contribution is -2.37. The van der Waals surface area contributed by atoms with Crippen LogP contribution in [-0.4, -0.2) is 46.5 Å². The van der Waals surface area contributed by atoms with Gasteiger partial charge in [-0.25, -0.2) is 8.42 Å². The molecular formula is C19H19ClF3N3O5S2. The lowest BCUT2D eigenvalue weighted by Gasteiger charge is -2.16. The lowest BCUT2D eigenvalue weighted by molar-refractivity contribution is -0.275. The number of nitrogens with one attached hydrogen (secondary N) is 3. The van der Waals surface area contributed by atoms with Gasteiger partial charge in [-0.3, -0.25) is 9.52 Å². The summed E-state index contributed by atoms with van der Waals surface area (Å²) < 4.78 is 74.2. The van der Waals surface area contributed by atoms with E-state index in [0.717, 1.165) is 12.1 Å². The molecule has 0 heterocycles. The predicted octanol–water partition coefficient (Wildman–Crippen LogP) is 3.00. The van der Waals surface area contributed by atoms with Crippen LogP contribution in [0.4, 0.5) is 13.2 Å². The zero-order valence-electron chi connectivity index (χ0n) is 17.2. The van der Waals surface area contributed by atoms with Gasteiger partial charge in [0.05, 0.1) is 12.7 Å². The first kappa shape index (κ1) is 26.5. The Morgan fingerprint density at radius 1 is 1.15 bits per heavy atom. The van der Waals surface area contributed by atoms with Gasteiger partial charge in [0, 0.05) is 18.6 Å². The van der Waals surface area contributed by atoms with Crippen molar-refractivity contribution < 1.29 is 35.9 Å². The second-order valence-corrected chi connectivity index (χ2v) is 8.86. The van der Waals surface area contributed by atoms with Crippen LogP contribution in [-0.2, 0) is 16.4 Å². The fraction of sp³-hybridized carbons (Fsp3) is 0.263. The molecule has 0 saturated heterocycles. The van der Waals surface area contributed by atoms with Crippen LogP contribution in [0.1, 0.15) is 15.9 Å². The smallest absolute Gasteiger partial charge is 0.496 e. The summed E-state index contributed by atoms with van der Waals surface area (Å²) in [6.45, 7) is 0.0375. The summed E-state index contributed by atoms with van der Waals surface area (Å²) in [6.07, 6.45) is -5.01. The molecule has 0 saturated carbocycles. The highest BCUT2D eigenvalue weighted by Crippen LogP contribution is 2.30. The number of sulfonamides is 1. The first-order valence-electron chi connectivity index (χ1n) is 9.11. The number of methoxy groups -OCH3 is 1. The maximum absolute atomic E-state index is 12.7. The summed E-state index contributed by atoms with van der Waals surface area (Å²) >= 11 is 10.6. The Morgan fingerprint density at radius 2 is 1.82 bits per heavy atom. The molecule has 0 fully saturated rings. The van der Waals surface area contributed by atoms with E-state index in [1.54, 1.807) is 6.07 Å². The first-order chi connectivity index (χ1) is 15.4. The van der Waals surface area contributed by atoms with Crippen LogP contribution in [0, 0.1) is 0 Å². The van der Waals surface area contributed by atoms with Crippen LogP contribution in [0.15, 0.2) is 41.3 Å². The number of hydrogen-bond acceptors (Lipinski definition) is 6. The van der Waals surface area contributed by atoms with E-state index in [0.29, 0.717) is 16.3 Å². The molecule has 1 amide bonds. The summed E-state index contributed by atoms with van der Waals surface area (Å²) in [4.78, 5) is 11.7. The second-order valence-electron chi connectivity index (χ2n) is 6.36. The van der Waals surface area contributed by atoms with E-state index in [-0.39, 0.29) is 23.6 Å². The van der Waals surface area contributed by atoms with E-state index in [1.807, 2.05) is 4.72 Å². The quantitative estimate of drug-likeness (QED) is 0.455. The number of ether oxygens (including phenoxy) is 2. The molecule has 0 aromatic heterocycles. The molecule has 33 heavy (non-hydrogen) atoms. The number of carbonyl (C=O) groups is 1. The third-order valence-electron chi connectivity index (χ3n) is 4.08. The van der Waals surface area contributed by atoms with Gasteiger partial charge >= 0.3 is 6.36 Å². The number of rotatable bonds is 8. The minimum absolute atomic E-state index is 0.0375. The highest BCUT2D eigenvalue weighted by Gasteiger charge is 2.34. The predicted molar refractivity (Wildman–Crippen MR) is 119 cm³/mol. The van der Waals surface area contributed by atoms with Gasteiger partial charge in [0.15, 0.2) is 5.11 Å². The van der Waals surface area contributed by atoms with Crippen molar-refractivity contribution in [2.45, 2.75) is 17.7 Å². The van der Waals surface area contributed by atoms with Gasteiger partial charge in [-0.1, -0.05) is 17.7 Å². The molecule has 14 heteroatoms. The molecule has 0 aliphatic heterocycles. The van der Waals surface area contributed by atoms with Crippen LogP contribution < -0.4 is 24.8 Å². The van der Waals surface area contributed by atoms with Crippen molar-refractivity contribution in [2.24, 2.45) is 0 Å². The van der Waals surface area contributed by atoms with Crippen LogP contribution >= 0.6 is 23.8 Å². The number of benzene rings is 2. The number of thiocarbonyl (C=S) groups is 1. The summed E-state index contributed by atoms with van der Waals surface area (Å²) in [5.41, 5.74) is 0.505. The average molecular weight is 526 g/mol. The largest absolute Gasteiger partial charge is 0.573 e. The number of alkyl halides is 3. The van der Waals surface area contributed by atoms with Crippen molar-refractivity contribution in [1.29, 1.82) is 0 Å². The second kappa shape index (κ2) is 10.9. The van der Waals surface area contributed by atoms with E-state index in [4.69, 9.17) is 28.6 Å². The normalized spacial score (nSPS) is 11.5. The van der Waals surface area contributed by atoms with Crippen LogP contribution in [0.25, 0.3) is 0 Å². The Morgan fingerprint density at radius 3 is 2.42 bits per heavy atom. The van der Waals surface area contributed by atoms with E-state index in [1.165, 1.54) is 32.4 Å². The van der Waals surface area contributed by atoms with Crippen molar-refractivity contribution in [3.63, 3.8) is 0 Å². The van der Waals surface area contributed by atoms with Gasteiger partial charge in [0.1, 0.15) is 16.4 Å². The summed E-state index contributed by atoms with van der Waals surface area (Å²) in [6, 6.07) is 7.63. The highest BCUT2D eigenvalue weighted by molar-refractivity contribution is 7.92. The maximum Gasteiger partial charge on any atom is 0.573 e. The van der Waals surface area contributed by atoms with Crippen LogP contribution in [0.2, 0.25) is 5.02 Å². The van der Waals surface area contributed by atoms with Crippen molar-refractivity contribution in [1.82, 2.24) is 15.4 Å². The van der Waals surface area contributed by atoms with Crippen molar-refractivity contribution in [2.75, 3.05) is 20.7 Å². The molecule has 0 spiro atoms.